The summed E-state index contributed by atoms with van der Waals surface area (Å²) in [6.07, 6.45) is 4.14. The molecule has 0 aromatic carbocycles. The van der Waals surface area contributed by atoms with E-state index >= 15 is 0 Å². The average Bonchev–Trinajstić information content (AvgIpc) is 2.89. The lowest BCUT2D eigenvalue weighted by Crippen LogP contribution is -2.50. The standard InChI is InChI=1S/C19H29N3O4/c1-13(2)10-19(18(24)25)11-15(17(23)21-8-9-26-4)16(22(19)3)14-6-5-7-20-12-14/h5-7,12-13,15-16H,8-11H2,1-4H3,(H,21,23)(H,24,25)/t15-,16-,19-/m0/s1. The fraction of sp³-hybridized carbons (Fsp3) is 0.632. The summed E-state index contributed by atoms with van der Waals surface area (Å²) in [6.45, 7) is 4.83. The summed E-state index contributed by atoms with van der Waals surface area (Å²) >= 11 is 0. The van der Waals surface area contributed by atoms with Crippen LogP contribution in [0, 0.1) is 11.8 Å². The maximum absolute atomic E-state index is 12.8. The Morgan fingerprint density at radius 2 is 2.23 bits per heavy atom. The molecule has 1 amide bonds. The average molecular weight is 363 g/mol. The highest BCUT2D eigenvalue weighted by Crippen LogP contribution is 2.48. The summed E-state index contributed by atoms with van der Waals surface area (Å²) in [5.41, 5.74) is -0.216. The monoisotopic (exact) mass is 363 g/mol. The normalized spacial score (nSPS) is 26.2. The first-order valence-corrected chi connectivity index (χ1v) is 8.96. The number of nitrogens with one attached hydrogen (secondary N) is 1. The van der Waals surface area contributed by atoms with Gasteiger partial charge in [0.25, 0.3) is 0 Å². The van der Waals surface area contributed by atoms with Crippen LogP contribution in [0.2, 0.25) is 0 Å². The van der Waals surface area contributed by atoms with Gasteiger partial charge >= 0.3 is 5.97 Å². The SMILES string of the molecule is COCCNC(=O)[C@H]1C[C@@](CC(C)C)(C(=O)O)N(C)[C@H]1c1cccnc1. The second-order valence-electron chi connectivity index (χ2n) is 7.37. The molecule has 1 saturated heterocycles. The van der Waals surface area contributed by atoms with Crippen molar-refractivity contribution in [3.8, 4) is 0 Å². The molecule has 2 heterocycles. The van der Waals surface area contributed by atoms with Gasteiger partial charge in [-0.15, -0.1) is 0 Å². The molecule has 1 fully saturated rings. The van der Waals surface area contributed by atoms with Gasteiger partial charge in [-0.25, -0.2) is 0 Å². The molecule has 7 heteroatoms. The van der Waals surface area contributed by atoms with Crippen molar-refractivity contribution >= 4 is 11.9 Å². The minimum Gasteiger partial charge on any atom is -0.480 e. The Bertz CT molecular complexity index is 622. The molecule has 1 aromatic rings. The van der Waals surface area contributed by atoms with Gasteiger partial charge in [0.1, 0.15) is 5.54 Å². The maximum atomic E-state index is 12.8. The van der Waals surface area contributed by atoms with Crippen LogP contribution in [0.4, 0.5) is 0 Å². The number of aliphatic carboxylic acids is 1. The first-order chi connectivity index (χ1) is 12.3. The Morgan fingerprint density at radius 3 is 2.77 bits per heavy atom. The van der Waals surface area contributed by atoms with Crippen LogP contribution in [0.5, 0.6) is 0 Å². The first-order valence-electron chi connectivity index (χ1n) is 8.96. The number of carboxylic acids is 1. The van der Waals surface area contributed by atoms with Crippen molar-refractivity contribution in [1.82, 2.24) is 15.2 Å². The smallest absolute Gasteiger partial charge is 0.324 e. The number of carbonyl (C=O) groups excluding carboxylic acids is 1. The first kappa shape index (κ1) is 20.3. The Labute approximate surface area is 154 Å². The molecule has 26 heavy (non-hydrogen) atoms. The second kappa shape index (κ2) is 8.60. The largest absolute Gasteiger partial charge is 0.480 e. The number of hydrogen-bond donors (Lipinski definition) is 2. The van der Waals surface area contributed by atoms with Gasteiger partial charge in [0, 0.05) is 32.1 Å². The van der Waals surface area contributed by atoms with E-state index in [0.29, 0.717) is 19.6 Å². The van der Waals surface area contributed by atoms with Crippen LogP contribution in [0.1, 0.15) is 38.3 Å². The Morgan fingerprint density at radius 1 is 1.50 bits per heavy atom. The number of nitrogens with zero attached hydrogens (tertiary/aromatic N) is 2. The quantitative estimate of drug-likeness (QED) is 0.683. The van der Waals surface area contributed by atoms with E-state index in [1.54, 1.807) is 26.6 Å². The molecule has 3 atom stereocenters. The van der Waals surface area contributed by atoms with Crippen LogP contribution in [-0.2, 0) is 14.3 Å². The molecule has 144 valence electrons. The van der Waals surface area contributed by atoms with E-state index in [1.807, 2.05) is 30.9 Å². The molecule has 2 rings (SSSR count). The zero-order valence-electron chi connectivity index (χ0n) is 15.9. The number of carboxylic acid groups (broad SMARTS) is 1. The van der Waals surface area contributed by atoms with Crippen molar-refractivity contribution < 1.29 is 19.4 Å². The molecule has 0 unspecified atom stereocenters. The summed E-state index contributed by atoms with van der Waals surface area (Å²) in [6, 6.07) is 3.38. The van der Waals surface area contributed by atoms with Crippen LogP contribution in [0.15, 0.2) is 24.5 Å². The number of rotatable bonds is 8. The number of amides is 1. The van der Waals surface area contributed by atoms with Crippen molar-refractivity contribution in [2.75, 3.05) is 27.3 Å². The highest BCUT2D eigenvalue weighted by molar-refractivity contribution is 5.85. The molecule has 1 aromatic heterocycles. The summed E-state index contributed by atoms with van der Waals surface area (Å²) < 4.78 is 4.99. The second-order valence-corrected chi connectivity index (χ2v) is 7.37. The molecular formula is C19H29N3O4. The summed E-state index contributed by atoms with van der Waals surface area (Å²) in [5, 5.41) is 12.9. The highest BCUT2D eigenvalue weighted by atomic mass is 16.5. The van der Waals surface area contributed by atoms with E-state index in [4.69, 9.17) is 4.74 Å². The lowest BCUT2D eigenvalue weighted by molar-refractivity contribution is -0.151. The third kappa shape index (κ3) is 4.04. The lowest BCUT2D eigenvalue weighted by atomic mass is 9.83. The van der Waals surface area contributed by atoms with Crippen molar-refractivity contribution in [2.45, 2.75) is 38.3 Å². The van der Waals surface area contributed by atoms with Gasteiger partial charge in [-0.1, -0.05) is 19.9 Å². The molecule has 7 nitrogen and oxygen atoms in total. The van der Waals surface area contributed by atoms with Crippen LogP contribution >= 0.6 is 0 Å². The van der Waals surface area contributed by atoms with Crippen LogP contribution in [0.3, 0.4) is 0 Å². The molecule has 0 aliphatic carbocycles. The van der Waals surface area contributed by atoms with E-state index in [1.165, 1.54) is 0 Å². The van der Waals surface area contributed by atoms with Crippen LogP contribution < -0.4 is 5.32 Å². The number of carbonyl (C=O) groups is 2. The predicted molar refractivity (Wildman–Crippen MR) is 97.6 cm³/mol. The summed E-state index contributed by atoms with van der Waals surface area (Å²) in [7, 11) is 3.38. The predicted octanol–water partition coefficient (Wildman–Crippen LogP) is 1.71. The van der Waals surface area contributed by atoms with Gasteiger partial charge in [0.05, 0.1) is 12.5 Å². The summed E-state index contributed by atoms with van der Waals surface area (Å²) in [5.74, 6) is -1.29. The lowest BCUT2D eigenvalue weighted by Gasteiger charge is -2.36. The van der Waals surface area contributed by atoms with E-state index in [2.05, 4.69) is 10.3 Å². The molecule has 0 bridgehead atoms. The highest BCUT2D eigenvalue weighted by Gasteiger charge is 2.57. The van der Waals surface area contributed by atoms with Crippen molar-refractivity contribution in [3.05, 3.63) is 30.1 Å². The molecule has 0 radical (unpaired) electrons. The van der Waals surface area contributed by atoms with Gasteiger partial charge < -0.3 is 15.2 Å². The number of methoxy groups -OCH3 is 1. The van der Waals surface area contributed by atoms with E-state index in [0.717, 1.165) is 5.56 Å². The van der Waals surface area contributed by atoms with Gasteiger partial charge in [-0.05, 0) is 37.4 Å². The minimum absolute atomic E-state index is 0.144. The fourth-order valence-electron chi connectivity index (χ4n) is 4.03. The molecule has 2 N–H and O–H groups in total. The zero-order chi connectivity index (χ0) is 19.3. The molecule has 1 aliphatic rings. The Kier molecular flexibility index (Phi) is 6.72. The van der Waals surface area contributed by atoms with Crippen LogP contribution in [-0.4, -0.2) is 59.7 Å². The topological polar surface area (TPSA) is 91.8 Å². The van der Waals surface area contributed by atoms with Gasteiger partial charge in [0.15, 0.2) is 0 Å². The van der Waals surface area contributed by atoms with E-state index in [9.17, 15) is 14.7 Å². The summed E-state index contributed by atoms with van der Waals surface area (Å²) in [4.78, 5) is 31.1. The number of ether oxygens (including phenoxy) is 1. The third-order valence-electron chi connectivity index (χ3n) is 5.14. The number of pyridine rings is 1. The third-order valence-corrected chi connectivity index (χ3v) is 5.14. The van der Waals surface area contributed by atoms with Crippen molar-refractivity contribution in [3.63, 3.8) is 0 Å². The van der Waals surface area contributed by atoms with Crippen molar-refractivity contribution in [1.29, 1.82) is 0 Å². The molecular weight excluding hydrogens is 334 g/mol. The fourth-order valence-corrected chi connectivity index (χ4v) is 4.03. The van der Waals surface area contributed by atoms with Gasteiger partial charge in [-0.2, -0.15) is 0 Å². The molecule has 0 saturated carbocycles. The van der Waals surface area contributed by atoms with Crippen molar-refractivity contribution in [2.24, 2.45) is 11.8 Å². The van der Waals surface area contributed by atoms with Crippen LogP contribution in [0.25, 0.3) is 0 Å². The number of likely N-dealkylation sites (tertiary alicyclic amines) is 1. The number of aromatic nitrogens is 1. The van der Waals surface area contributed by atoms with Gasteiger partial charge in [-0.3, -0.25) is 19.5 Å². The number of likely N-dealkylation sites (N-methyl/N-ethyl adjacent to an activating group) is 1. The Hall–Kier alpha value is -1.99. The Balaban J connectivity index is 2.39. The molecule has 0 spiro atoms. The van der Waals surface area contributed by atoms with E-state index < -0.39 is 17.4 Å². The zero-order valence-corrected chi connectivity index (χ0v) is 15.9. The maximum Gasteiger partial charge on any atom is 0.324 e. The molecule has 1 aliphatic heterocycles. The number of hydrogen-bond acceptors (Lipinski definition) is 5. The van der Waals surface area contributed by atoms with E-state index in [-0.39, 0.29) is 24.3 Å². The van der Waals surface area contributed by atoms with Gasteiger partial charge in [0.2, 0.25) is 5.91 Å². The minimum atomic E-state index is -1.07.